The second kappa shape index (κ2) is 3.57. The van der Waals surface area contributed by atoms with E-state index in [1.165, 1.54) is 6.07 Å². The molecule has 2 atom stereocenters. The lowest BCUT2D eigenvalue weighted by atomic mass is 9.99. The van der Waals surface area contributed by atoms with Crippen molar-refractivity contribution in [3.63, 3.8) is 0 Å². The Labute approximate surface area is 96.8 Å². The molecule has 16 heavy (non-hydrogen) atoms. The largest absolute Gasteiger partial charge is 0.466 e. The highest BCUT2D eigenvalue weighted by Crippen LogP contribution is 2.44. The number of halogens is 1. The zero-order chi connectivity index (χ0) is 11.9. The van der Waals surface area contributed by atoms with E-state index in [9.17, 15) is 14.7 Å². The highest BCUT2D eigenvalue weighted by Gasteiger charge is 2.58. The average Bonchev–Trinajstić information content (AvgIpc) is 2.52. The number of ether oxygens (including phenoxy) is 1. The molecule has 1 aliphatic carbocycles. The summed E-state index contributed by atoms with van der Waals surface area (Å²) in [5.41, 5.74) is -1.60. The Balaban J connectivity index is 2.58. The van der Waals surface area contributed by atoms with Crippen LogP contribution in [0.15, 0.2) is 24.3 Å². The van der Waals surface area contributed by atoms with Crippen molar-refractivity contribution in [1.29, 1.82) is 0 Å². The van der Waals surface area contributed by atoms with Gasteiger partial charge < -0.3 is 9.84 Å². The van der Waals surface area contributed by atoms with Crippen molar-refractivity contribution in [3.8, 4) is 0 Å². The Morgan fingerprint density at radius 3 is 2.69 bits per heavy atom. The molecular formula is C11H9ClO4. The fraction of sp³-hybridized carbons (Fsp3) is 0.273. The number of rotatable bonds is 1. The highest BCUT2D eigenvalue weighted by atomic mass is 35.5. The molecule has 0 saturated heterocycles. The van der Waals surface area contributed by atoms with E-state index in [-0.39, 0.29) is 5.56 Å². The van der Waals surface area contributed by atoms with E-state index in [1.807, 2.05) is 0 Å². The number of carbonyl (C=O) groups excluding carboxylic acids is 2. The Kier molecular flexibility index (Phi) is 2.48. The molecule has 1 N–H and O–H groups in total. The van der Waals surface area contributed by atoms with Gasteiger partial charge in [-0.15, -0.1) is 11.6 Å². The van der Waals surface area contributed by atoms with Crippen LogP contribution in [-0.2, 0) is 9.53 Å². The minimum atomic E-state index is -2.31. The molecule has 0 saturated carbocycles. The Morgan fingerprint density at radius 2 is 2.12 bits per heavy atom. The van der Waals surface area contributed by atoms with Gasteiger partial charge in [0.1, 0.15) is 5.38 Å². The molecule has 0 spiro atoms. The first-order valence-corrected chi connectivity index (χ1v) is 5.05. The first kappa shape index (κ1) is 11.1. The maximum atomic E-state index is 11.9. The highest BCUT2D eigenvalue weighted by molar-refractivity contribution is 6.33. The van der Waals surface area contributed by atoms with Crippen LogP contribution in [0.3, 0.4) is 0 Å². The molecule has 0 heterocycles. The van der Waals surface area contributed by atoms with E-state index in [0.29, 0.717) is 5.56 Å². The van der Waals surface area contributed by atoms with Gasteiger partial charge in [0.15, 0.2) is 0 Å². The smallest absolute Gasteiger partial charge is 0.348 e. The van der Waals surface area contributed by atoms with Crippen LogP contribution in [0.5, 0.6) is 0 Å². The van der Waals surface area contributed by atoms with Gasteiger partial charge in [-0.05, 0) is 5.56 Å². The van der Waals surface area contributed by atoms with Crippen molar-refractivity contribution in [2.75, 3.05) is 7.11 Å². The summed E-state index contributed by atoms with van der Waals surface area (Å²) in [4.78, 5) is 23.3. The van der Waals surface area contributed by atoms with Crippen LogP contribution < -0.4 is 0 Å². The molecule has 2 rings (SSSR count). The summed E-state index contributed by atoms with van der Waals surface area (Å²) in [7, 11) is 1.10. The number of fused-ring (bicyclic) bond motifs is 1. The summed E-state index contributed by atoms with van der Waals surface area (Å²) >= 11 is 5.95. The number of carbonyl (C=O) groups is 2. The van der Waals surface area contributed by atoms with Crippen molar-refractivity contribution in [2.45, 2.75) is 11.0 Å². The van der Waals surface area contributed by atoms with Crippen LogP contribution in [0.4, 0.5) is 0 Å². The fourth-order valence-corrected chi connectivity index (χ4v) is 2.20. The van der Waals surface area contributed by atoms with Crippen LogP contribution in [0.2, 0.25) is 0 Å². The molecule has 0 amide bonds. The fourth-order valence-electron chi connectivity index (χ4n) is 1.82. The zero-order valence-electron chi connectivity index (χ0n) is 8.44. The van der Waals surface area contributed by atoms with Crippen LogP contribution in [-0.4, -0.2) is 29.6 Å². The van der Waals surface area contributed by atoms with Gasteiger partial charge in [0.2, 0.25) is 11.4 Å². The van der Waals surface area contributed by atoms with Crippen molar-refractivity contribution in [2.24, 2.45) is 0 Å². The van der Waals surface area contributed by atoms with Crippen LogP contribution in [0.25, 0.3) is 0 Å². The SMILES string of the molecule is COC(=O)C1(O)C(=O)c2ccccc2C1Cl. The van der Waals surface area contributed by atoms with Gasteiger partial charge in [0.05, 0.1) is 7.11 Å². The molecule has 4 nitrogen and oxygen atoms in total. The molecule has 0 aliphatic heterocycles. The first-order valence-electron chi connectivity index (χ1n) is 4.62. The summed E-state index contributed by atoms with van der Waals surface area (Å²) in [6.45, 7) is 0. The lowest BCUT2D eigenvalue weighted by Gasteiger charge is -2.21. The van der Waals surface area contributed by atoms with E-state index in [4.69, 9.17) is 11.6 Å². The van der Waals surface area contributed by atoms with Crippen molar-refractivity contribution in [1.82, 2.24) is 0 Å². The minimum absolute atomic E-state index is 0.260. The maximum absolute atomic E-state index is 11.9. The predicted molar refractivity (Wildman–Crippen MR) is 56.3 cm³/mol. The Morgan fingerprint density at radius 1 is 1.50 bits per heavy atom. The van der Waals surface area contributed by atoms with E-state index < -0.39 is 22.7 Å². The molecule has 1 aromatic carbocycles. The molecule has 0 aromatic heterocycles. The van der Waals surface area contributed by atoms with E-state index >= 15 is 0 Å². The monoisotopic (exact) mass is 240 g/mol. The number of methoxy groups -OCH3 is 1. The molecule has 0 fully saturated rings. The standard InChI is InChI=1S/C11H9ClO4/c1-16-10(14)11(15)8(12)6-4-2-3-5-7(6)9(11)13/h2-5,8,15H,1H3. The summed E-state index contributed by atoms with van der Waals surface area (Å²) in [6.07, 6.45) is 0. The van der Waals surface area contributed by atoms with Gasteiger partial charge in [0.25, 0.3) is 0 Å². The van der Waals surface area contributed by atoms with Gasteiger partial charge in [-0.3, -0.25) is 4.79 Å². The van der Waals surface area contributed by atoms with E-state index in [2.05, 4.69) is 4.74 Å². The quantitative estimate of drug-likeness (QED) is 0.453. The molecule has 0 radical (unpaired) electrons. The lowest BCUT2D eigenvalue weighted by molar-refractivity contribution is -0.156. The normalized spacial score (nSPS) is 27.7. The number of Topliss-reactive ketones (excluding diaryl/α,β-unsaturated/α-hetero) is 1. The number of hydrogen-bond acceptors (Lipinski definition) is 4. The predicted octanol–water partition coefficient (Wildman–Crippen LogP) is 1.07. The summed E-state index contributed by atoms with van der Waals surface area (Å²) in [5.74, 6) is -1.75. The van der Waals surface area contributed by atoms with E-state index in [1.54, 1.807) is 18.2 Å². The molecule has 5 heteroatoms. The van der Waals surface area contributed by atoms with Gasteiger partial charge >= 0.3 is 5.97 Å². The van der Waals surface area contributed by atoms with Gasteiger partial charge in [-0.2, -0.15) is 0 Å². The topological polar surface area (TPSA) is 63.6 Å². The molecule has 1 aliphatic rings. The minimum Gasteiger partial charge on any atom is -0.466 e. The Bertz CT molecular complexity index is 471. The van der Waals surface area contributed by atoms with Gasteiger partial charge in [-0.1, -0.05) is 24.3 Å². The molecule has 84 valence electrons. The van der Waals surface area contributed by atoms with Crippen molar-refractivity contribution >= 4 is 23.4 Å². The lowest BCUT2D eigenvalue weighted by Crippen LogP contribution is -2.46. The second-order valence-corrected chi connectivity index (χ2v) is 3.97. The van der Waals surface area contributed by atoms with Gasteiger partial charge in [-0.25, -0.2) is 4.79 Å². The zero-order valence-corrected chi connectivity index (χ0v) is 9.19. The first-order chi connectivity index (χ1) is 7.53. The number of ketones is 1. The van der Waals surface area contributed by atoms with Crippen molar-refractivity contribution < 1.29 is 19.4 Å². The van der Waals surface area contributed by atoms with Gasteiger partial charge in [0, 0.05) is 5.56 Å². The third-order valence-electron chi connectivity index (χ3n) is 2.69. The van der Waals surface area contributed by atoms with Crippen LogP contribution in [0.1, 0.15) is 21.3 Å². The molecule has 1 aromatic rings. The third-order valence-corrected chi connectivity index (χ3v) is 3.24. The summed E-state index contributed by atoms with van der Waals surface area (Å²) in [6, 6.07) is 6.45. The number of esters is 1. The van der Waals surface area contributed by atoms with Crippen molar-refractivity contribution in [3.05, 3.63) is 35.4 Å². The second-order valence-electron chi connectivity index (χ2n) is 3.54. The third kappa shape index (κ3) is 1.20. The number of aliphatic hydroxyl groups is 1. The number of benzene rings is 1. The summed E-state index contributed by atoms with van der Waals surface area (Å²) in [5, 5.41) is 8.95. The van der Waals surface area contributed by atoms with Crippen LogP contribution >= 0.6 is 11.6 Å². The Hall–Kier alpha value is -1.39. The number of hydrogen-bond donors (Lipinski definition) is 1. The molecule has 0 bridgehead atoms. The molecule has 2 unspecified atom stereocenters. The van der Waals surface area contributed by atoms with Crippen LogP contribution in [0, 0.1) is 0 Å². The molecular weight excluding hydrogens is 232 g/mol. The summed E-state index contributed by atoms with van der Waals surface area (Å²) < 4.78 is 4.41. The van der Waals surface area contributed by atoms with E-state index in [0.717, 1.165) is 7.11 Å². The maximum Gasteiger partial charge on any atom is 0.348 e. The average molecular weight is 241 g/mol. The number of alkyl halides is 1.